The fourth-order valence-electron chi connectivity index (χ4n) is 5.92. The number of aromatic nitrogens is 4. The second-order valence-corrected chi connectivity index (χ2v) is 11.0. The van der Waals surface area contributed by atoms with Crippen molar-refractivity contribution in [3.8, 4) is 11.8 Å². The summed E-state index contributed by atoms with van der Waals surface area (Å²) in [6.45, 7) is 3.89. The van der Waals surface area contributed by atoms with Crippen molar-refractivity contribution in [3.63, 3.8) is 0 Å². The van der Waals surface area contributed by atoms with Crippen LogP contribution in [0.25, 0.3) is 5.69 Å². The summed E-state index contributed by atoms with van der Waals surface area (Å²) in [6, 6.07) is 10.8. The number of nitrogens with zero attached hydrogens (tertiary/aromatic N) is 8. The van der Waals surface area contributed by atoms with Gasteiger partial charge in [-0.15, -0.1) is 10.2 Å². The molecular formula is C25H22ClF3N8. The molecule has 1 spiro atoms. The molecule has 0 unspecified atom stereocenters. The van der Waals surface area contributed by atoms with Gasteiger partial charge in [0.25, 0.3) is 6.43 Å². The Labute approximate surface area is 215 Å². The molecule has 0 amide bonds. The van der Waals surface area contributed by atoms with Crippen molar-refractivity contribution < 1.29 is 13.2 Å². The number of fused-ring (bicyclic) bond motifs is 3. The predicted octanol–water partition coefficient (Wildman–Crippen LogP) is 4.09. The van der Waals surface area contributed by atoms with E-state index < -0.39 is 23.5 Å². The number of benzene rings is 1. The molecule has 12 heteroatoms. The first-order chi connectivity index (χ1) is 17.8. The zero-order valence-electron chi connectivity index (χ0n) is 19.7. The minimum absolute atomic E-state index is 0.00801. The van der Waals surface area contributed by atoms with Gasteiger partial charge in [-0.25, -0.2) is 18.2 Å². The molecule has 1 aromatic carbocycles. The van der Waals surface area contributed by atoms with E-state index in [0.29, 0.717) is 37.0 Å². The Morgan fingerprint density at radius 3 is 2.46 bits per heavy atom. The molecule has 2 saturated heterocycles. The van der Waals surface area contributed by atoms with Gasteiger partial charge in [0, 0.05) is 43.2 Å². The molecule has 3 aromatic rings. The number of alkyl halides is 2. The highest BCUT2D eigenvalue weighted by Gasteiger charge is 2.54. The zero-order chi connectivity index (χ0) is 25.5. The van der Waals surface area contributed by atoms with E-state index in [4.69, 9.17) is 11.6 Å². The normalized spacial score (nSPS) is 21.1. The monoisotopic (exact) mass is 526 g/mol. The molecule has 3 fully saturated rings. The van der Waals surface area contributed by atoms with Crippen LogP contribution in [0.5, 0.6) is 0 Å². The maximum Gasteiger partial charge on any atom is 0.283 e. The summed E-state index contributed by atoms with van der Waals surface area (Å²) < 4.78 is 41.8. The van der Waals surface area contributed by atoms with Crippen LogP contribution in [0.4, 0.5) is 24.9 Å². The third-order valence-corrected chi connectivity index (χ3v) is 8.24. The summed E-state index contributed by atoms with van der Waals surface area (Å²) in [7, 11) is 0. The van der Waals surface area contributed by atoms with E-state index in [1.807, 2.05) is 23.1 Å². The highest BCUT2D eigenvalue weighted by atomic mass is 35.5. The molecule has 37 heavy (non-hydrogen) atoms. The Balaban J connectivity index is 1.13. The summed E-state index contributed by atoms with van der Waals surface area (Å²) in [6.07, 6.45) is -1.27. The Hall–Kier alpha value is -3.36. The molecule has 5 heterocycles. The van der Waals surface area contributed by atoms with Crippen LogP contribution < -0.4 is 9.80 Å². The van der Waals surface area contributed by atoms with Gasteiger partial charge >= 0.3 is 0 Å². The van der Waals surface area contributed by atoms with Gasteiger partial charge in [0.15, 0.2) is 11.6 Å². The summed E-state index contributed by atoms with van der Waals surface area (Å²) in [5, 5.41) is 19.5. The fraction of sp³-hybridized carbons (Fsp3) is 0.440. The molecule has 0 atom stereocenters. The number of pyridine rings is 1. The maximum absolute atomic E-state index is 13.6. The number of rotatable bonds is 4. The van der Waals surface area contributed by atoms with Crippen LogP contribution in [0.15, 0.2) is 30.3 Å². The molecule has 4 aliphatic rings. The summed E-state index contributed by atoms with van der Waals surface area (Å²) >= 11 is 6.34. The van der Waals surface area contributed by atoms with E-state index in [1.54, 1.807) is 0 Å². The number of nitriles is 1. The Kier molecular flexibility index (Phi) is 4.82. The van der Waals surface area contributed by atoms with Gasteiger partial charge in [0.2, 0.25) is 5.95 Å². The highest BCUT2D eigenvalue weighted by molar-refractivity contribution is 6.30. The lowest BCUT2D eigenvalue weighted by atomic mass is 9.73. The quantitative estimate of drug-likeness (QED) is 0.507. The summed E-state index contributed by atoms with van der Waals surface area (Å²) in [5.74, 6) is 0.906. The molecule has 190 valence electrons. The third-order valence-electron chi connectivity index (χ3n) is 8.00. The molecule has 7 rings (SSSR count). The van der Waals surface area contributed by atoms with Crippen molar-refractivity contribution in [2.75, 3.05) is 36.0 Å². The molecule has 3 aliphatic heterocycles. The standard InChI is InChI=1S/C25H22ClF3N8/c26-16-1-3-18-15(7-16)8-36(25(10-30)5-6-25)9-20-32-33-23(37(18)20)35-13-24(14-35)11-34(12-24)19-4-2-17(27)21(31-19)22(28)29/h1-4,7,22H,5-6,8-9,11-14H2. The SMILES string of the molecule is N#CC1(N2Cc3cc(Cl)ccc3-n3c(nnc3N3CC4(CN(c5ccc(F)c(C(F)F)n5)C4)C3)C2)CC1. The van der Waals surface area contributed by atoms with Crippen LogP contribution in [0.1, 0.15) is 36.3 Å². The van der Waals surface area contributed by atoms with Gasteiger partial charge in [0.1, 0.15) is 17.1 Å². The van der Waals surface area contributed by atoms with E-state index in [2.05, 4.69) is 35.6 Å². The Bertz CT molecular complexity index is 1450. The van der Waals surface area contributed by atoms with Crippen molar-refractivity contribution in [2.24, 2.45) is 5.41 Å². The summed E-state index contributed by atoms with van der Waals surface area (Å²) in [5.41, 5.74) is 0.705. The van der Waals surface area contributed by atoms with Gasteiger partial charge < -0.3 is 9.80 Å². The molecular weight excluding hydrogens is 505 g/mol. The first-order valence-electron chi connectivity index (χ1n) is 12.1. The van der Waals surface area contributed by atoms with E-state index >= 15 is 0 Å². The van der Waals surface area contributed by atoms with Crippen LogP contribution in [-0.4, -0.2) is 56.4 Å². The average Bonchev–Trinajstić information content (AvgIpc) is 3.55. The lowest BCUT2D eigenvalue weighted by Crippen LogP contribution is -2.73. The van der Waals surface area contributed by atoms with Crippen molar-refractivity contribution in [1.29, 1.82) is 5.26 Å². The topological polar surface area (TPSA) is 77.1 Å². The number of halogens is 4. The first kappa shape index (κ1) is 22.8. The van der Waals surface area contributed by atoms with Crippen molar-refractivity contribution in [2.45, 2.75) is 37.9 Å². The number of hydrogen-bond acceptors (Lipinski definition) is 7. The van der Waals surface area contributed by atoms with Gasteiger partial charge in [-0.2, -0.15) is 5.26 Å². The number of anilines is 2. The predicted molar refractivity (Wildman–Crippen MR) is 129 cm³/mol. The van der Waals surface area contributed by atoms with Crippen molar-refractivity contribution in [1.82, 2.24) is 24.6 Å². The molecule has 0 bridgehead atoms. The largest absolute Gasteiger partial charge is 0.355 e. The molecule has 1 saturated carbocycles. The van der Waals surface area contributed by atoms with Crippen LogP contribution in [-0.2, 0) is 13.1 Å². The molecule has 8 nitrogen and oxygen atoms in total. The highest BCUT2D eigenvalue weighted by Crippen LogP contribution is 2.47. The van der Waals surface area contributed by atoms with Crippen molar-refractivity contribution in [3.05, 3.63) is 58.3 Å². The third kappa shape index (κ3) is 3.49. The van der Waals surface area contributed by atoms with Crippen LogP contribution >= 0.6 is 11.6 Å². The maximum atomic E-state index is 13.6. The minimum atomic E-state index is -2.95. The lowest BCUT2D eigenvalue weighted by molar-refractivity contribution is 0.138. The molecule has 0 radical (unpaired) electrons. The van der Waals surface area contributed by atoms with Gasteiger partial charge in [0.05, 0.1) is 18.3 Å². The van der Waals surface area contributed by atoms with E-state index in [1.165, 1.54) is 6.07 Å². The van der Waals surface area contributed by atoms with Gasteiger partial charge in [-0.05, 0) is 48.7 Å². The van der Waals surface area contributed by atoms with Gasteiger partial charge in [-0.1, -0.05) is 11.6 Å². The van der Waals surface area contributed by atoms with E-state index in [0.717, 1.165) is 55.0 Å². The molecule has 2 aromatic heterocycles. The molecule has 0 N–H and O–H groups in total. The Morgan fingerprint density at radius 1 is 1.00 bits per heavy atom. The van der Waals surface area contributed by atoms with E-state index in [9.17, 15) is 18.4 Å². The van der Waals surface area contributed by atoms with E-state index in [-0.39, 0.29) is 5.41 Å². The number of hydrogen-bond donors (Lipinski definition) is 0. The van der Waals surface area contributed by atoms with Crippen LogP contribution in [0, 0.1) is 22.6 Å². The fourth-order valence-corrected chi connectivity index (χ4v) is 6.11. The first-order valence-corrected chi connectivity index (χ1v) is 12.5. The van der Waals surface area contributed by atoms with Crippen LogP contribution in [0.2, 0.25) is 5.02 Å². The minimum Gasteiger partial charge on any atom is -0.355 e. The Morgan fingerprint density at radius 2 is 1.76 bits per heavy atom. The second kappa shape index (κ2) is 7.82. The average molecular weight is 527 g/mol. The smallest absolute Gasteiger partial charge is 0.283 e. The van der Waals surface area contributed by atoms with Gasteiger partial charge in [-0.3, -0.25) is 9.47 Å². The van der Waals surface area contributed by atoms with Crippen LogP contribution in [0.3, 0.4) is 0 Å². The molecule has 1 aliphatic carbocycles. The second-order valence-electron chi connectivity index (χ2n) is 10.6. The summed E-state index contributed by atoms with van der Waals surface area (Å²) in [4.78, 5) is 10.1. The zero-order valence-corrected chi connectivity index (χ0v) is 20.5. The lowest BCUT2D eigenvalue weighted by Gasteiger charge is -2.60. The van der Waals surface area contributed by atoms with Crippen molar-refractivity contribution >= 4 is 23.4 Å².